The summed E-state index contributed by atoms with van der Waals surface area (Å²) in [6.07, 6.45) is 3.43. The van der Waals surface area contributed by atoms with E-state index in [4.69, 9.17) is 16.1 Å². The Balaban J connectivity index is 1.76. The number of nitrogens with one attached hydrogen (secondary N) is 1. The molecule has 3 heterocycles. The topological polar surface area (TPSA) is 103 Å². The number of carbonyl (C=O) groups excluding carboxylic acids is 1. The van der Waals surface area contributed by atoms with Gasteiger partial charge in [0.05, 0.1) is 5.39 Å². The second-order valence-corrected chi connectivity index (χ2v) is 7.89. The smallest absolute Gasteiger partial charge is 0.263 e. The first-order chi connectivity index (χ1) is 15.5. The maximum absolute atomic E-state index is 13.2. The number of fused-ring (bicyclic) bond motifs is 1. The van der Waals surface area contributed by atoms with E-state index in [2.05, 4.69) is 27.4 Å². The molecule has 0 fully saturated rings. The van der Waals surface area contributed by atoms with Crippen molar-refractivity contribution in [2.24, 2.45) is 0 Å². The Bertz CT molecular complexity index is 1330. The highest BCUT2D eigenvalue weighted by atomic mass is 35.5. The monoisotopic (exact) mass is 451 g/mol. The number of amides is 1. The quantitative estimate of drug-likeness (QED) is 0.426. The maximum Gasteiger partial charge on any atom is 0.263 e. The van der Waals surface area contributed by atoms with Crippen LogP contribution in [0.1, 0.15) is 25.5 Å². The van der Waals surface area contributed by atoms with Gasteiger partial charge in [0.2, 0.25) is 17.2 Å². The van der Waals surface area contributed by atoms with Gasteiger partial charge in [-0.2, -0.15) is 4.98 Å². The van der Waals surface area contributed by atoms with Crippen LogP contribution in [0.5, 0.6) is 0 Å². The molecule has 9 heteroatoms. The van der Waals surface area contributed by atoms with E-state index in [0.29, 0.717) is 34.0 Å². The van der Waals surface area contributed by atoms with Crippen LogP contribution in [0.2, 0.25) is 5.02 Å². The van der Waals surface area contributed by atoms with Gasteiger partial charge in [0.1, 0.15) is 17.8 Å². The van der Waals surface area contributed by atoms with Crippen molar-refractivity contribution in [2.75, 3.05) is 6.54 Å². The van der Waals surface area contributed by atoms with E-state index < -0.39 is 0 Å². The van der Waals surface area contributed by atoms with Gasteiger partial charge in [-0.25, -0.2) is 4.98 Å². The van der Waals surface area contributed by atoms with Crippen molar-refractivity contribution in [3.63, 3.8) is 0 Å². The van der Waals surface area contributed by atoms with Crippen LogP contribution in [-0.2, 0) is 11.3 Å². The molecule has 0 aliphatic heterocycles. The summed E-state index contributed by atoms with van der Waals surface area (Å²) >= 11 is 5.94. The zero-order chi connectivity index (χ0) is 22.7. The van der Waals surface area contributed by atoms with Gasteiger partial charge < -0.3 is 14.4 Å². The molecule has 0 aliphatic carbocycles. The molecule has 3 aromatic heterocycles. The fourth-order valence-electron chi connectivity index (χ4n) is 3.30. The van der Waals surface area contributed by atoms with E-state index in [9.17, 15) is 9.59 Å². The number of pyridine rings is 2. The summed E-state index contributed by atoms with van der Waals surface area (Å²) < 4.78 is 7.05. The Labute approximate surface area is 189 Å². The zero-order valence-electron chi connectivity index (χ0n) is 17.8. The van der Waals surface area contributed by atoms with E-state index in [1.165, 1.54) is 0 Å². The number of halogens is 1. The molecule has 0 spiro atoms. The number of benzene rings is 1. The molecule has 0 bridgehead atoms. The average molecular weight is 452 g/mol. The fraction of sp³-hybridized carbons (Fsp3) is 0.261. The summed E-state index contributed by atoms with van der Waals surface area (Å²) in [5.41, 5.74) is 1.80. The molecule has 1 aromatic carbocycles. The van der Waals surface area contributed by atoms with Crippen LogP contribution < -0.4 is 10.7 Å². The van der Waals surface area contributed by atoms with Gasteiger partial charge in [0.15, 0.2) is 0 Å². The molecule has 0 atom stereocenters. The third kappa shape index (κ3) is 4.55. The van der Waals surface area contributed by atoms with Crippen LogP contribution in [0.15, 0.2) is 51.9 Å². The van der Waals surface area contributed by atoms with E-state index in [-0.39, 0.29) is 29.3 Å². The molecule has 4 aromatic rings. The van der Waals surface area contributed by atoms with Crippen molar-refractivity contribution < 1.29 is 9.32 Å². The summed E-state index contributed by atoms with van der Waals surface area (Å²) in [5, 5.41) is 7.85. The lowest BCUT2D eigenvalue weighted by Crippen LogP contribution is -2.29. The van der Waals surface area contributed by atoms with Crippen molar-refractivity contribution in [1.82, 2.24) is 25.0 Å². The van der Waals surface area contributed by atoms with Crippen LogP contribution in [0, 0.1) is 6.92 Å². The predicted molar refractivity (Wildman–Crippen MR) is 122 cm³/mol. The van der Waals surface area contributed by atoms with Crippen LogP contribution in [0.4, 0.5) is 0 Å². The Morgan fingerprint density at radius 2 is 1.94 bits per heavy atom. The Morgan fingerprint density at radius 1 is 1.16 bits per heavy atom. The summed E-state index contributed by atoms with van der Waals surface area (Å²) in [7, 11) is 0. The number of aryl methyl sites for hydroxylation is 1. The summed E-state index contributed by atoms with van der Waals surface area (Å²) in [6, 6.07) is 10.4. The molecule has 8 nitrogen and oxygen atoms in total. The SMILES string of the molecule is CCCCNC(=O)Cn1cc(-c2nc(-c3ccc(Cl)cc3)no2)c(=O)c2ccc(C)nc21. The number of carbonyl (C=O) groups is 1. The first-order valence-electron chi connectivity index (χ1n) is 10.3. The minimum absolute atomic E-state index is 0.0160. The van der Waals surface area contributed by atoms with Gasteiger partial charge in [0.25, 0.3) is 5.89 Å². The van der Waals surface area contributed by atoms with Crippen molar-refractivity contribution in [3.8, 4) is 22.8 Å². The van der Waals surface area contributed by atoms with E-state index in [1.54, 1.807) is 47.2 Å². The molecule has 0 aliphatic rings. The predicted octanol–water partition coefficient (Wildman–Crippen LogP) is 3.99. The van der Waals surface area contributed by atoms with E-state index in [1.807, 2.05) is 6.92 Å². The van der Waals surface area contributed by atoms with Crippen LogP contribution in [0.3, 0.4) is 0 Å². The minimum Gasteiger partial charge on any atom is -0.355 e. The molecule has 1 N–H and O–H groups in total. The van der Waals surface area contributed by atoms with E-state index >= 15 is 0 Å². The Kier molecular flexibility index (Phi) is 6.32. The standard InChI is InChI=1S/C23H22ClN5O3/c1-3-4-11-25-19(30)13-29-12-18(20(31)17-10-5-14(2)26-22(17)29)23-27-21(28-32-23)15-6-8-16(24)9-7-15/h5-10,12H,3-4,11,13H2,1-2H3,(H,25,30). The lowest BCUT2D eigenvalue weighted by molar-refractivity contribution is -0.121. The highest BCUT2D eigenvalue weighted by Crippen LogP contribution is 2.23. The lowest BCUT2D eigenvalue weighted by atomic mass is 10.1. The van der Waals surface area contributed by atoms with Gasteiger partial charge in [-0.15, -0.1) is 0 Å². The fourth-order valence-corrected chi connectivity index (χ4v) is 3.42. The van der Waals surface area contributed by atoms with Gasteiger partial charge in [-0.1, -0.05) is 30.1 Å². The third-order valence-corrected chi connectivity index (χ3v) is 5.24. The van der Waals surface area contributed by atoms with Gasteiger partial charge in [-0.3, -0.25) is 9.59 Å². The number of hydrogen-bond donors (Lipinski definition) is 1. The molecule has 0 radical (unpaired) electrons. The first-order valence-corrected chi connectivity index (χ1v) is 10.7. The summed E-state index contributed by atoms with van der Waals surface area (Å²) in [5.74, 6) is 0.245. The third-order valence-electron chi connectivity index (χ3n) is 4.99. The lowest BCUT2D eigenvalue weighted by Gasteiger charge is -2.12. The molecular formula is C23H22ClN5O3. The first kappa shape index (κ1) is 21.7. The molecule has 4 rings (SSSR count). The molecule has 32 heavy (non-hydrogen) atoms. The molecule has 0 saturated carbocycles. The van der Waals surface area contributed by atoms with Crippen LogP contribution in [-0.4, -0.2) is 32.1 Å². The highest BCUT2D eigenvalue weighted by Gasteiger charge is 2.19. The minimum atomic E-state index is -0.290. The second-order valence-electron chi connectivity index (χ2n) is 7.46. The number of hydrogen-bond acceptors (Lipinski definition) is 6. The number of unbranched alkanes of at least 4 members (excludes halogenated alkanes) is 1. The molecule has 164 valence electrons. The number of rotatable bonds is 7. The summed E-state index contributed by atoms with van der Waals surface area (Å²) in [4.78, 5) is 34.5. The highest BCUT2D eigenvalue weighted by molar-refractivity contribution is 6.30. The van der Waals surface area contributed by atoms with Crippen molar-refractivity contribution in [3.05, 3.63) is 63.5 Å². The number of aromatic nitrogens is 4. The maximum atomic E-state index is 13.2. The van der Waals surface area contributed by atoms with E-state index in [0.717, 1.165) is 18.5 Å². The molecule has 0 saturated heterocycles. The Hall–Kier alpha value is -3.52. The van der Waals surface area contributed by atoms with Crippen LogP contribution in [0.25, 0.3) is 33.9 Å². The van der Waals surface area contributed by atoms with Gasteiger partial charge >= 0.3 is 0 Å². The van der Waals surface area contributed by atoms with Gasteiger partial charge in [-0.05, 0) is 49.7 Å². The van der Waals surface area contributed by atoms with Gasteiger partial charge in [0, 0.05) is 29.0 Å². The Morgan fingerprint density at radius 3 is 2.69 bits per heavy atom. The van der Waals surface area contributed by atoms with Crippen molar-refractivity contribution >= 4 is 28.5 Å². The van der Waals surface area contributed by atoms with Crippen molar-refractivity contribution in [2.45, 2.75) is 33.2 Å². The van der Waals surface area contributed by atoms with Crippen molar-refractivity contribution in [1.29, 1.82) is 0 Å². The largest absolute Gasteiger partial charge is 0.355 e. The average Bonchev–Trinajstić information content (AvgIpc) is 3.26. The molecule has 1 amide bonds. The number of nitrogens with zero attached hydrogens (tertiary/aromatic N) is 4. The molecule has 0 unspecified atom stereocenters. The van der Waals surface area contributed by atoms with Crippen LogP contribution >= 0.6 is 11.6 Å². The zero-order valence-corrected chi connectivity index (χ0v) is 18.5. The molecular weight excluding hydrogens is 430 g/mol. The normalized spacial score (nSPS) is 11.1. The second kappa shape index (κ2) is 9.32. The summed E-state index contributed by atoms with van der Waals surface area (Å²) in [6.45, 7) is 4.51.